The lowest BCUT2D eigenvalue weighted by Gasteiger charge is -2.18. The summed E-state index contributed by atoms with van der Waals surface area (Å²) in [5, 5.41) is 11.7. The SMILES string of the molecule is C1=CCNC(c2nc(-c3ccc(-n4c5ccccc5c5cc(-c6ccc7[nH]c8ccccc8c7c6)ccc54)cc3)nc(C3C=CC=CN3)n2)=C1. The number of nitrogens with one attached hydrogen (secondary N) is 3. The highest BCUT2D eigenvalue weighted by Crippen LogP contribution is 2.37. The molecule has 7 heteroatoms. The number of H-pyrrole nitrogens is 1. The van der Waals surface area contributed by atoms with Gasteiger partial charge in [0.15, 0.2) is 17.5 Å². The maximum atomic E-state index is 4.93. The number of rotatable bonds is 5. The Labute approximate surface area is 288 Å². The fourth-order valence-electron chi connectivity index (χ4n) is 7.22. The van der Waals surface area contributed by atoms with Crippen molar-refractivity contribution < 1.29 is 0 Å². The molecule has 1 atom stereocenters. The van der Waals surface area contributed by atoms with Gasteiger partial charge in [-0.2, -0.15) is 0 Å². The van der Waals surface area contributed by atoms with Crippen molar-refractivity contribution in [3.8, 4) is 28.2 Å². The zero-order chi connectivity index (χ0) is 33.0. The van der Waals surface area contributed by atoms with E-state index in [9.17, 15) is 0 Å². The summed E-state index contributed by atoms with van der Waals surface area (Å²) in [5.41, 5.74) is 9.92. The second kappa shape index (κ2) is 11.5. The summed E-state index contributed by atoms with van der Waals surface area (Å²) >= 11 is 0. The van der Waals surface area contributed by atoms with Crippen molar-refractivity contribution in [2.24, 2.45) is 0 Å². The summed E-state index contributed by atoms with van der Waals surface area (Å²) in [5.74, 6) is 1.94. The minimum atomic E-state index is -0.133. The normalized spacial score (nSPS) is 15.5. The number of para-hydroxylation sites is 2. The fourth-order valence-corrected chi connectivity index (χ4v) is 7.22. The third-order valence-corrected chi connectivity index (χ3v) is 9.66. The molecule has 8 aromatic rings. The van der Waals surface area contributed by atoms with Gasteiger partial charge >= 0.3 is 0 Å². The van der Waals surface area contributed by atoms with Crippen molar-refractivity contribution >= 4 is 49.3 Å². The van der Waals surface area contributed by atoms with Crippen LogP contribution in [0.1, 0.15) is 17.7 Å². The first kappa shape index (κ1) is 28.3. The third kappa shape index (κ3) is 4.70. The second-order valence-corrected chi connectivity index (χ2v) is 12.7. The Kier molecular flexibility index (Phi) is 6.48. The fraction of sp³-hybridized carbons (Fsp3) is 0.0465. The van der Waals surface area contributed by atoms with Crippen LogP contribution in [0.4, 0.5) is 0 Å². The molecule has 1 unspecified atom stereocenters. The molecule has 0 spiro atoms. The standard InChI is InChI=1S/C43H31N7/c1-3-11-35-31(9-1)33-25-28(17-21-36(33)46-35)29-18-22-40-34(26-29)32-10-2-4-14-39(32)50(40)30-19-15-27(16-20-30)41-47-42(37-12-5-7-23-44-37)49-43(48-41)38-13-6-8-24-45-38/h1-23,25-26,37,44-46H,24H2. The molecule has 3 aromatic heterocycles. The van der Waals surface area contributed by atoms with Crippen LogP contribution in [0.5, 0.6) is 0 Å². The Morgan fingerprint density at radius 1 is 0.600 bits per heavy atom. The summed E-state index contributed by atoms with van der Waals surface area (Å²) in [6.07, 6.45) is 14.1. The van der Waals surface area contributed by atoms with E-state index in [-0.39, 0.29) is 6.04 Å². The summed E-state index contributed by atoms with van der Waals surface area (Å²) < 4.78 is 2.34. The number of aromatic amines is 1. The molecular formula is C43H31N7. The number of dihydropyridines is 2. The highest BCUT2D eigenvalue weighted by Gasteiger charge is 2.19. The third-order valence-electron chi connectivity index (χ3n) is 9.66. The van der Waals surface area contributed by atoms with E-state index in [1.807, 2.05) is 30.5 Å². The van der Waals surface area contributed by atoms with Gasteiger partial charge in [0.1, 0.15) is 6.04 Å². The summed E-state index contributed by atoms with van der Waals surface area (Å²) in [6.45, 7) is 0.737. The van der Waals surface area contributed by atoms with Crippen molar-refractivity contribution in [3.05, 3.63) is 163 Å². The molecule has 5 heterocycles. The van der Waals surface area contributed by atoms with Gasteiger partial charge in [-0.05, 0) is 90.1 Å². The highest BCUT2D eigenvalue weighted by molar-refractivity contribution is 6.11. The molecule has 7 nitrogen and oxygen atoms in total. The van der Waals surface area contributed by atoms with E-state index in [4.69, 9.17) is 15.0 Å². The number of benzene rings is 5. The summed E-state index contributed by atoms with van der Waals surface area (Å²) in [6, 6.07) is 39.1. The van der Waals surface area contributed by atoms with Crippen molar-refractivity contribution in [1.82, 2.24) is 35.1 Å². The quantitative estimate of drug-likeness (QED) is 0.174. The lowest BCUT2D eigenvalue weighted by molar-refractivity contribution is 0.681. The smallest absolute Gasteiger partial charge is 0.179 e. The van der Waals surface area contributed by atoms with Gasteiger partial charge in [0, 0.05) is 50.4 Å². The predicted octanol–water partition coefficient (Wildman–Crippen LogP) is 9.15. The number of aromatic nitrogens is 5. The van der Waals surface area contributed by atoms with Gasteiger partial charge in [0.25, 0.3) is 0 Å². The Hall–Kier alpha value is -6.73. The molecule has 0 radical (unpaired) electrons. The molecule has 2 aliphatic heterocycles. The van der Waals surface area contributed by atoms with Crippen molar-refractivity contribution in [2.75, 3.05) is 6.54 Å². The summed E-state index contributed by atoms with van der Waals surface area (Å²) in [4.78, 5) is 18.3. The summed E-state index contributed by atoms with van der Waals surface area (Å²) in [7, 11) is 0. The second-order valence-electron chi connectivity index (χ2n) is 12.7. The Bertz CT molecular complexity index is 2740. The Morgan fingerprint density at radius 2 is 1.34 bits per heavy atom. The Balaban J connectivity index is 1.06. The van der Waals surface area contributed by atoms with Crippen LogP contribution < -0.4 is 10.6 Å². The maximum absolute atomic E-state index is 4.93. The van der Waals surface area contributed by atoms with E-state index in [1.54, 1.807) is 0 Å². The largest absolute Gasteiger partial charge is 0.379 e. The van der Waals surface area contributed by atoms with Crippen LogP contribution in [-0.2, 0) is 0 Å². The molecule has 0 fully saturated rings. The van der Waals surface area contributed by atoms with Crippen LogP contribution in [0.3, 0.4) is 0 Å². The number of hydrogen-bond donors (Lipinski definition) is 3. The van der Waals surface area contributed by atoms with Crippen molar-refractivity contribution in [3.63, 3.8) is 0 Å². The molecule has 10 rings (SSSR count). The monoisotopic (exact) mass is 645 g/mol. The topological polar surface area (TPSA) is 83.5 Å². The molecule has 3 N–H and O–H groups in total. The van der Waals surface area contributed by atoms with E-state index in [1.165, 1.54) is 32.7 Å². The zero-order valence-electron chi connectivity index (χ0n) is 27.0. The molecule has 0 saturated heterocycles. The zero-order valence-corrected chi connectivity index (χ0v) is 27.0. The Morgan fingerprint density at radius 3 is 2.18 bits per heavy atom. The number of nitrogens with zero attached hydrogens (tertiary/aromatic N) is 4. The first-order chi connectivity index (χ1) is 24.8. The van der Waals surface area contributed by atoms with Crippen LogP contribution in [0.2, 0.25) is 0 Å². The molecule has 2 aliphatic rings. The van der Waals surface area contributed by atoms with Gasteiger partial charge in [0.2, 0.25) is 0 Å². The van der Waals surface area contributed by atoms with E-state index >= 15 is 0 Å². The van der Waals surface area contributed by atoms with Crippen LogP contribution >= 0.6 is 0 Å². The lowest BCUT2D eigenvalue weighted by atomic mass is 10.0. The van der Waals surface area contributed by atoms with Gasteiger partial charge in [-0.3, -0.25) is 0 Å². The van der Waals surface area contributed by atoms with E-state index in [0.29, 0.717) is 17.5 Å². The first-order valence-corrected chi connectivity index (χ1v) is 16.9. The first-order valence-electron chi connectivity index (χ1n) is 16.9. The molecule has 0 aliphatic carbocycles. The predicted molar refractivity (Wildman–Crippen MR) is 204 cm³/mol. The van der Waals surface area contributed by atoms with E-state index in [2.05, 4.69) is 142 Å². The van der Waals surface area contributed by atoms with Crippen LogP contribution in [-0.4, -0.2) is 31.0 Å². The van der Waals surface area contributed by atoms with Gasteiger partial charge < -0.3 is 20.2 Å². The van der Waals surface area contributed by atoms with Crippen LogP contribution in [0, 0.1) is 0 Å². The molecule has 0 saturated carbocycles. The minimum absolute atomic E-state index is 0.133. The van der Waals surface area contributed by atoms with Gasteiger partial charge in [-0.15, -0.1) is 0 Å². The number of allylic oxidation sites excluding steroid dienone is 4. The van der Waals surface area contributed by atoms with Gasteiger partial charge in [0.05, 0.1) is 16.7 Å². The minimum Gasteiger partial charge on any atom is -0.379 e. The average molecular weight is 646 g/mol. The van der Waals surface area contributed by atoms with E-state index in [0.717, 1.165) is 45.6 Å². The molecule has 0 bridgehead atoms. The molecule has 238 valence electrons. The van der Waals surface area contributed by atoms with Crippen molar-refractivity contribution in [2.45, 2.75) is 6.04 Å². The van der Waals surface area contributed by atoms with Gasteiger partial charge in [-0.25, -0.2) is 15.0 Å². The van der Waals surface area contributed by atoms with Crippen molar-refractivity contribution in [1.29, 1.82) is 0 Å². The molecular weight excluding hydrogens is 615 g/mol. The average Bonchev–Trinajstić information content (AvgIpc) is 3.73. The maximum Gasteiger partial charge on any atom is 0.179 e. The highest BCUT2D eigenvalue weighted by atomic mass is 15.1. The van der Waals surface area contributed by atoms with Crippen LogP contribution in [0.25, 0.3) is 77.5 Å². The van der Waals surface area contributed by atoms with Crippen LogP contribution in [0.15, 0.2) is 152 Å². The lowest BCUT2D eigenvalue weighted by Crippen LogP contribution is -2.22. The molecule has 0 amide bonds. The molecule has 5 aromatic carbocycles. The number of hydrogen-bond acceptors (Lipinski definition) is 5. The molecule has 50 heavy (non-hydrogen) atoms. The van der Waals surface area contributed by atoms with Gasteiger partial charge in [-0.1, -0.05) is 72.8 Å². The van der Waals surface area contributed by atoms with E-state index < -0.39 is 0 Å². The number of fused-ring (bicyclic) bond motifs is 6.